The van der Waals surface area contributed by atoms with Crippen LogP contribution in [0.4, 0.5) is 0 Å². The van der Waals surface area contributed by atoms with Crippen molar-refractivity contribution in [3.63, 3.8) is 0 Å². The quantitative estimate of drug-likeness (QED) is 0.766. The number of carbonyl (C=O) groups is 1. The van der Waals surface area contributed by atoms with Gasteiger partial charge in [0.25, 0.3) is 0 Å². The Morgan fingerprint density at radius 3 is 2.21 bits per heavy atom. The summed E-state index contributed by atoms with van der Waals surface area (Å²) in [5.74, 6) is -0.213. The summed E-state index contributed by atoms with van der Waals surface area (Å²) >= 11 is 0. The van der Waals surface area contributed by atoms with E-state index in [0.717, 1.165) is 11.1 Å². The smallest absolute Gasteiger partial charge is 0.164 e. The molecule has 0 heterocycles. The van der Waals surface area contributed by atoms with Crippen LogP contribution in [0.2, 0.25) is 0 Å². The number of hydrogen-bond donors (Lipinski definition) is 0. The molecule has 0 N–H and O–H groups in total. The number of benzene rings is 2. The van der Waals surface area contributed by atoms with Gasteiger partial charge in [-0.2, -0.15) is 5.26 Å². The van der Waals surface area contributed by atoms with Crippen LogP contribution in [0.5, 0.6) is 0 Å². The van der Waals surface area contributed by atoms with Crippen LogP contribution in [0.3, 0.4) is 0 Å². The van der Waals surface area contributed by atoms with Gasteiger partial charge in [-0.05, 0) is 18.1 Å². The van der Waals surface area contributed by atoms with Crippen LogP contribution in [-0.4, -0.2) is 5.78 Å². The summed E-state index contributed by atoms with van der Waals surface area (Å²) < 4.78 is 0. The molecule has 0 aromatic heterocycles. The van der Waals surface area contributed by atoms with Crippen LogP contribution in [-0.2, 0) is 0 Å². The van der Waals surface area contributed by atoms with Crippen molar-refractivity contribution in [3.8, 4) is 17.2 Å². The molecule has 0 spiro atoms. The van der Waals surface area contributed by atoms with Gasteiger partial charge in [0.05, 0.1) is 12.0 Å². The molecule has 0 amide bonds. The fourth-order valence-electron chi connectivity index (χ4n) is 1.92. The Hall–Kier alpha value is -2.40. The lowest BCUT2D eigenvalue weighted by molar-refractivity contribution is 0.0973. The maximum Gasteiger partial charge on any atom is 0.164 e. The number of nitrogens with zero attached hydrogens (tertiary/aromatic N) is 1. The highest BCUT2D eigenvalue weighted by atomic mass is 16.1. The molecule has 1 unspecified atom stereocenters. The first-order chi connectivity index (χ1) is 9.20. The number of hydrogen-bond acceptors (Lipinski definition) is 2. The van der Waals surface area contributed by atoms with E-state index in [2.05, 4.69) is 6.07 Å². The van der Waals surface area contributed by atoms with Gasteiger partial charge >= 0.3 is 0 Å². The van der Waals surface area contributed by atoms with Gasteiger partial charge in [0, 0.05) is 12.0 Å². The molecular formula is C17H15NO. The molecule has 0 saturated carbocycles. The summed E-state index contributed by atoms with van der Waals surface area (Å²) in [4.78, 5) is 11.9. The van der Waals surface area contributed by atoms with Gasteiger partial charge in [0.2, 0.25) is 0 Å². The third-order valence-electron chi connectivity index (χ3n) is 3.03. The first-order valence-corrected chi connectivity index (χ1v) is 6.29. The van der Waals surface area contributed by atoms with E-state index in [1.54, 1.807) is 6.92 Å². The molecule has 1 atom stereocenters. The predicted octanol–water partition coefficient (Wildman–Crippen LogP) is 4.09. The SMILES string of the molecule is CC(C#N)CC(=O)c1ccc(-c2ccccc2)cc1. The van der Waals surface area contributed by atoms with E-state index >= 15 is 0 Å². The number of ketones is 1. The summed E-state index contributed by atoms with van der Waals surface area (Å²) in [6, 6.07) is 19.7. The molecule has 0 saturated heterocycles. The van der Waals surface area contributed by atoms with Gasteiger partial charge in [-0.1, -0.05) is 54.6 Å². The molecule has 0 aliphatic heterocycles. The standard InChI is InChI=1S/C17H15NO/c1-13(12-18)11-17(19)16-9-7-15(8-10-16)14-5-3-2-4-6-14/h2-10,13H,11H2,1H3. The molecule has 0 fully saturated rings. The van der Waals surface area contributed by atoms with E-state index in [1.807, 2.05) is 54.6 Å². The topological polar surface area (TPSA) is 40.9 Å². The first kappa shape index (κ1) is 13.0. The van der Waals surface area contributed by atoms with Crippen LogP contribution in [0, 0.1) is 17.2 Å². The average Bonchev–Trinajstić information content (AvgIpc) is 2.48. The molecule has 2 aromatic carbocycles. The molecule has 2 rings (SSSR count). The third-order valence-corrected chi connectivity index (χ3v) is 3.03. The molecule has 2 aromatic rings. The molecule has 94 valence electrons. The largest absolute Gasteiger partial charge is 0.294 e. The van der Waals surface area contributed by atoms with Gasteiger partial charge in [-0.25, -0.2) is 0 Å². The van der Waals surface area contributed by atoms with E-state index in [-0.39, 0.29) is 18.1 Å². The Morgan fingerprint density at radius 1 is 1.05 bits per heavy atom. The fraction of sp³-hybridized carbons (Fsp3) is 0.176. The molecular weight excluding hydrogens is 234 g/mol. The summed E-state index contributed by atoms with van der Waals surface area (Å²) in [5, 5.41) is 8.72. The maximum atomic E-state index is 11.9. The van der Waals surface area contributed by atoms with Crippen LogP contribution < -0.4 is 0 Å². The minimum atomic E-state index is -0.235. The molecule has 2 heteroatoms. The number of carbonyl (C=O) groups excluding carboxylic acids is 1. The lowest BCUT2D eigenvalue weighted by Crippen LogP contribution is -2.04. The van der Waals surface area contributed by atoms with Gasteiger partial charge in [-0.3, -0.25) is 4.79 Å². The Morgan fingerprint density at radius 2 is 1.63 bits per heavy atom. The zero-order valence-corrected chi connectivity index (χ0v) is 10.8. The van der Waals surface area contributed by atoms with E-state index in [9.17, 15) is 4.79 Å². The normalized spacial score (nSPS) is 11.6. The minimum absolute atomic E-state index is 0.0219. The van der Waals surface area contributed by atoms with Crippen molar-refractivity contribution in [2.24, 2.45) is 5.92 Å². The lowest BCUT2D eigenvalue weighted by atomic mass is 9.98. The Bertz CT molecular complexity index is 593. The lowest BCUT2D eigenvalue weighted by Gasteiger charge is -2.05. The number of rotatable bonds is 4. The predicted molar refractivity (Wildman–Crippen MR) is 75.6 cm³/mol. The third kappa shape index (κ3) is 3.29. The zero-order chi connectivity index (χ0) is 13.7. The van der Waals surface area contributed by atoms with E-state index in [1.165, 1.54) is 0 Å². The number of nitriles is 1. The molecule has 0 aliphatic rings. The van der Waals surface area contributed by atoms with Gasteiger partial charge in [0.15, 0.2) is 5.78 Å². The molecule has 0 bridgehead atoms. The van der Waals surface area contributed by atoms with Crippen molar-refractivity contribution >= 4 is 5.78 Å². The maximum absolute atomic E-state index is 11.9. The Labute approximate surface area is 113 Å². The second-order valence-corrected chi connectivity index (χ2v) is 4.60. The van der Waals surface area contributed by atoms with Gasteiger partial charge in [0.1, 0.15) is 0 Å². The fourth-order valence-corrected chi connectivity index (χ4v) is 1.92. The van der Waals surface area contributed by atoms with Crippen molar-refractivity contribution in [1.82, 2.24) is 0 Å². The van der Waals surface area contributed by atoms with Crippen LogP contribution in [0.15, 0.2) is 54.6 Å². The molecule has 2 nitrogen and oxygen atoms in total. The van der Waals surface area contributed by atoms with Crippen molar-refractivity contribution in [2.75, 3.05) is 0 Å². The molecule has 0 radical (unpaired) electrons. The monoisotopic (exact) mass is 249 g/mol. The van der Waals surface area contributed by atoms with Crippen molar-refractivity contribution in [3.05, 3.63) is 60.2 Å². The zero-order valence-electron chi connectivity index (χ0n) is 10.8. The number of Topliss-reactive ketones (excluding diaryl/α,β-unsaturated/α-hetero) is 1. The van der Waals surface area contributed by atoms with Crippen LogP contribution >= 0.6 is 0 Å². The molecule has 19 heavy (non-hydrogen) atoms. The highest BCUT2D eigenvalue weighted by Gasteiger charge is 2.10. The van der Waals surface area contributed by atoms with Crippen LogP contribution in [0.25, 0.3) is 11.1 Å². The molecule has 0 aliphatic carbocycles. The van der Waals surface area contributed by atoms with Crippen molar-refractivity contribution in [2.45, 2.75) is 13.3 Å². The first-order valence-electron chi connectivity index (χ1n) is 6.29. The van der Waals surface area contributed by atoms with E-state index < -0.39 is 0 Å². The van der Waals surface area contributed by atoms with E-state index in [4.69, 9.17) is 5.26 Å². The highest BCUT2D eigenvalue weighted by Crippen LogP contribution is 2.20. The average molecular weight is 249 g/mol. The summed E-state index contributed by atoms with van der Waals surface area (Å²) in [5.41, 5.74) is 2.89. The second-order valence-electron chi connectivity index (χ2n) is 4.60. The summed E-state index contributed by atoms with van der Waals surface area (Å²) in [6.07, 6.45) is 0.279. The second kappa shape index (κ2) is 5.97. The minimum Gasteiger partial charge on any atom is -0.294 e. The summed E-state index contributed by atoms with van der Waals surface area (Å²) in [6.45, 7) is 1.76. The van der Waals surface area contributed by atoms with Gasteiger partial charge < -0.3 is 0 Å². The van der Waals surface area contributed by atoms with Crippen molar-refractivity contribution in [1.29, 1.82) is 5.26 Å². The Kier molecular flexibility index (Phi) is 4.10. The highest BCUT2D eigenvalue weighted by molar-refractivity contribution is 5.96. The van der Waals surface area contributed by atoms with Crippen LogP contribution in [0.1, 0.15) is 23.7 Å². The summed E-state index contributed by atoms with van der Waals surface area (Å²) in [7, 11) is 0. The van der Waals surface area contributed by atoms with Gasteiger partial charge in [-0.15, -0.1) is 0 Å². The Balaban J connectivity index is 2.15. The van der Waals surface area contributed by atoms with E-state index in [0.29, 0.717) is 5.56 Å². The van der Waals surface area contributed by atoms with Crippen molar-refractivity contribution < 1.29 is 4.79 Å².